The minimum Gasteiger partial charge on any atom is -0.476 e. The van der Waals surface area contributed by atoms with E-state index in [2.05, 4.69) is 10.1 Å². The average molecular weight is 404 g/mol. The van der Waals surface area contributed by atoms with Crippen LogP contribution in [0.5, 0.6) is 5.88 Å². The maximum atomic E-state index is 12.2. The molecule has 150 valence electrons. The van der Waals surface area contributed by atoms with Gasteiger partial charge in [0, 0.05) is 12.3 Å². The van der Waals surface area contributed by atoms with Crippen molar-refractivity contribution in [1.82, 2.24) is 14.8 Å². The second-order valence-electron chi connectivity index (χ2n) is 8.76. The van der Waals surface area contributed by atoms with Crippen LogP contribution in [0, 0.1) is 17.8 Å². The molecule has 0 unspecified atom stereocenters. The Balaban J connectivity index is 1.41. The summed E-state index contributed by atoms with van der Waals surface area (Å²) >= 11 is 6.21. The summed E-state index contributed by atoms with van der Waals surface area (Å²) in [4.78, 5) is 16.5. The lowest BCUT2D eigenvalue weighted by molar-refractivity contribution is 0.00693. The van der Waals surface area contributed by atoms with E-state index in [1.54, 1.807) is 23.0 Å². The Kier molecular flexibility index (Phi) is 5.08. The Morgan fingerprint density at radius 2 is 1.89 bits per heavy atom. The fourth-order valence-electron chi connectivity index (χ4n) is 3.44. The van der Waals surface area contributed by atoms with Crippen molar-refractivity contribution in [2.24, 2.45) is 17.8 Å². The molecule has 0 amide bonds. The van der Waals surface area contributed by atoms with Crippen LogP contribution in [-0.4, -0.2) is 32.9 Å². The van der Waals surface area contributed by atoms with Gasteiger partial charge in [0.05, 0.1) is 12.2 Å². The zero-order valence-electron chi connectivity index (χ0n) is 16.5. The summed E-state index contributed by atoms with van der Waals surface area (Å²) in [5, 5.41) is 4.53. The van der Waals surface area contributed by atoms with E-state index in [0.29, 0.717) is 17.6 Å². The Bertz CT molecular complexity index is 854. The highest BCUT2D eigenvalue weighted by molar-refractivity contribution is 6.32. The topological polar surface area (TPSA) is 66.2 Å². The predicted molar refractivity (Wildman–Crippen MR) is 106 cm³/mol. The minimum absolute atomic E-state index is 0.0900. The Morgan fingerprint density at radius 3 is 2.46 bits per heavy atom. The molecule has 2 fully saturated rings. The van der Waals surface area contributed by atoms with Gasteiger partial charge in [0.15, 0.2) is 5.82 Å². The number of ether oxygens (including phenoxy) is 2. The van der Waals surface area contributed by atoms with Crippen LogP contribution >= 0.6 is 11.6 Å². The molecule has 0 saturated heterocycles. The Labute approximate surface area is 170 Å². The highest BCUT2D eigenvalue weighted by atomic mass is 35.5. The van der Waals surface area contributed by atoms with Gasteiger partial charge in [-0.25, -0.2) is 14.5 Å². The maximum Gasteiger partial charge on any atom is 0.341 e. The van der Waals surface area contributed by atoms with Crippen molar-refractivity contribution in [1.29, 1.82) is 0 Å². The van der Waals surface area contributed by atoms with Crippen molar-refractivity contribution < 1.29 is 14.3 Å². The molecule has 2 aromatic rings. The highest BCUT2D eigenvalue weighted by Crippen LogP contribution is 2.49. The number of nitrogens with zero attached hydrogens (tertiary/aromatic N) is 3. The molecule has 2 aliphatic rings. The molecule has 0 aliphatic heterocycles. The van der Waals surface area contributed by atoms with E-state index in [-0.39, 0.29) is 10.7 Å². The van der Waals surface area contributed by atoms with E-state index in [1.165, 1.54) is 25.7 Å². The largest absolute Gasteiger partial charge is 0.476 e. The van der Waals surface area contributed by atoms with Crippen molar-refractivity contribution in [3.8, 4) is 11.7 Å². The predicted octanol–water partition coefficient (Wildman–Crippen LogP) is 4.69. The molecule has 2 aliphatic carbocycles. The molecule has 2 heterocycles. The van der Waals surface area contributed by atoms with Crippen LogP contribution in [0.25, 0.3) is 5.82 Å². The monoisotopic (exact) mass is 403 g/mol. The van der Waals surface area contributed by atoms with Crippen LogP contribution in [0.1, 0.15) is 56.8 Å². The van der Waals surface area contributed by atoms with Crippen LogP contribution in [0.3, 0.4) is 0 Å². The molecule has 2 saturated carbocycles. The standard InChI is InChI=1S/C21H26ClN3O3/c1-21(2,3)28-20(26)15-8-9-17(23-19(15)22)25-11-10-18(24-25)27-12-16(13-4-5-13)14-6-7-14/h8-11,13-14,16H,4-7,12H2,1-3H3. The lowest BCUT2D eigenvalue weighted by atomic mass is 9.99. The first-order chi connectivity index (χ1) is 13.3. The summed E-state index contributed by atoms with van der Waals surface area (Å²) in [6, 6.07) is 5.13. The van der Waals surface area contributed by atoms with Crippen molar-refractivity contribution >= 4 is 17.6 Å². The van der Waals surface area contributed by atoms with Crippen LogP contribution in [0.15, 0.2) is 24.4 Å². The first kappa shape index (κ1) is 19.2. The number of halogens is 1. The molecule has 0 radical (unpaired) electrons. The third kappa shape index (κ3) is 4.66. The Hall–Kier alpha value is -2.08. The number of hydrogen-bond donors (Lipinski definition) is 0. The van der Waals surface area contributed by atoms with Gasteiger partial charge in [-0.3, -0.25) is 0 Å². The zero-order valence-corrected chi connectivity index (χ0v) is 17.3. The second kappa shape index (κ2) is 7.39. The van der Waals surface area contributed by atoms with Crippen LogP contribution in [0.4, 0.5) is 0 Å². The third-order valence-corrected chi connectivity index (χ3v) is 5.42. The van der Waals surface area contributed by atoms with Gasteiger partial charge >= 0.3 is 5.97 Å². The molecule has 6 nitrogen and oxygen atoms in total. The van der Waals surface area contributed by atoms with Crippen LogP contribution in [0.2, 0.25) is 5.15 Å². The molecular formula is C21H26ClN3O3. The van der Waals surface area contributed by atoms with E-state index in [4.69, 9.17) is 21.1 Å². The van der Waals surface area contributed by atoms with E-state index in [0.717, 1.165) is 18.4 Å². The van der Waals surface area contributed by atoms with Gasteiger partial charge in [0.2, 0.25) is 5.88 Å². The van der Waals surface area contributed by atoms with Gasteiger partial charge in [-0.05, 0) is 76.3 Å². The highest BCUT2D eigenvalue weighted by Gasteiger charge is 2.41. The molecule has 0 spiro atoms. The van der Waals surface area contributed by atoms with Crippen molar-refractivity contribution in [3.63, 3.8) is 0 Å². The van der Waals surface area contributed by atoms with Crippen molar-refractivity contribution in [2.45, 2.75) is 52.1 Å². The number of esters is 1. The van der Waals surface area contributed by atoms with Gasteiger partial charge in [-0.15, -0.1) is 5.10 Å². The van der Waals surface area contributed by atoms with Gasteiger partial charge in [0.25, 0.3) is 0 Å². The fourth-order valence-corrected chi connectivity index (χ4v) is 3.66. The van der Waals surface area contributed by atoms with Gasteiger partial charge in [-0.2, -0.15) is 0 Å². The quantitative estimate of drug-likeness (QED) is 0.495. The normalized spacial score (nSPS) is 17.0. The van der Waals surface area contributed by atoms with E-state index in [9.17, 15) is 4.79 Å². The summed E-state index contributed by atoms with van der Waals surface area (Å²) in [5.41, 5.74) is -0.354. The van der Waals surface area contributed by atoms with Crippen molar-refractivity contribution in [2.75, 3.05) is 6.61 Å². The molecule has 4 rings (SSSR count). The number of hydrogen-bond acceptors (Lipinski definition) is 5. The van der Waals surface area contributed by atoms with E-state index in [1.807, 2.05) is 26.8 Å². The summed E-state index contributed by atoms with van der Waals surface area (Å²) in [6.45, 7) is 6.16. The number of carbonyl (C=O) groups excluding carboxylic acids is 1. The fraction of sp³-hybridized carbons (Fsp3) is 0.571. The number of rotatable bonds is 7. The molecular weight excluding hydrogens is 378 g/mol. The van der Waals surface area contributed by atoms with Gasteiger partial charge in [-0.1, -0.05) is 11.6 Å². The van der Waals surface area contributed by atoms with E-state index < -0.39 is 11.6 Å². The molecule has 0 N–H and O–H groups in total. The molecule has 2 aromatic heterocycles. The summed E-state index contributed by atoms with van der Waals surface area (Å²) in [5.74, 6) is 2.97. The molecule has 7 heteroatoms. The number of pyridine rings is 1. The minimum atomic E-state index is -0.591. The molecule has 0 aromatic carbocycles. The zero-order chi connectivity index (χ0) is 19.9. The smallest absolute Gasteiger partial charge is 0.341 e. The average Bonchev–Trinajstić information content (AvgIpc) is 3.53. The number of carbonyl (C=O) groups is 1. The van der Waals surface area contributed by atoms with E-state index >= 15 is 0 Å². The first-order valence-electron chi connectivity index (χ1n) is 9.89. The molecule has 0 atom stereocenters. The summed E-state index contributed by atoms with van der Waals surface area (Å²) < 4.78 is 12.9. The van der Waals surface area contributed by atoms with Crippen LogP contribution in [-0.2, 0) is 4.74 Å². The molecule has 28 heavy (non-hydrogen) atoms. The van der Waals surface area contributed by atoms with Gasteiger partial charge in [0.1, 0.15) is 10.8 Å². The van der Waals surface area contributed by atoms with Crippen molar-refractivity contribution in [3.05, 3.63) is 35.1 Å². The molecule has 0 bridgehead atoms. The number of aromatic nitrogens is 3. The summed E-state index contributed by atoms with van der Waals surface area (Å²) in [6.07, 6.45) is 7.14. The SMILES string of the molecule is CC(C)(C)OC(=O)c1ccc(-n2ccc(OCC(C3CC3)C3CC3)n2)nc1Cl. The second-order valence-corrected chi connectivity index (χ2v) is 9.12. The lowest BCUT2D eigenvalue weighted by Gasteiger charge is -2.19. The summed E-state index contributed by atoms with van der Waals surface area (Å²) in [7, 11) is 0. The third-order valence-electron chi connectivity index (χ3n) is 5.13. The lowest BCUT2D eigenvalue weighted by Crippen LogP contribution is -2.24. The van der Waals surface area contributed by atoms with Gasteiger partial charge < -0.3 is 9.47 Å². The van der Waals surface area contributed by atoms with Crippen LogP contribution < -0.4 is 4.74 Å². The Morgan fingerprint density at radius 1 is 1.21 bits per heavy atom. The maximum absolute atomic E-state index is 12.2. The first-order valence-corrected chi connectivity index (χ1v) is 10.3.